The number of hydrogen-bond acceptors (Lipinski definition) is 6. The van der Waals surface area contributed by atoms with E-state index in [9.17, 15) is 14.4 Å². The molecule has 158 valence electrons. The molecule has 1 saturated carbocycles. The molecule has 0 radical (unpaired) electrons. The number of nitrogens with zero attached hydrogens (tertiary/aromatic N) is 3. The first-order chi connectivity index (χ1) is 14.9. The van der Waals surface area contributed by atoms with Gasteiger partial charge in [0.15, 0.2) is 0 Å². The molecule has 2 aliphatic rings. The van der Waals surface area contributed by atoms with E-state index in [1.54, 1.807) is 36.7 Å². The van der Waals surface area contributed by atoms with Crippen LogP contribution in [0, 0.1) is 5.41 Å². The van der Waals surface area contributed by atoms with Crippen LogP contribution in [0.15, 0.2) is 36.7 Å². The zero-order valence-electron chi connectivity index (χ0n) is 16.5. The number of amides is 2. The molecule has 4 heterocycles. The lowest BCUT2D eigenvalue weighted by molar-refractivity contribution is -0.140. The summed E-state index contributed by atoms with van der Waals surface area (Å²) in [4.78, 5) is 50.9. The van der Waals surface area contributed by atoms with Crippen LogP contribution in [0.4, 0.5) is 5.69 Å². The highest BCUT2D eigenvalue weighted by molar-refractivity contribution is 6.30. The summed E-state index contributed by atoms with van der Waals surface area (Å²) in [6.45, 7) is -0.202. The fourth-order valence-electron chi connectivity index (χ4n) is 4.20. The smallest absolute Gasteiger partial charge is 0.325 e. The van der Waals surface area contributed by atoms with Crippen LogP contribution in [0.5, 0.6) is 0 Å². The highest BCUT2D eigenvalue weighted by Gasteiger charge is 2.64. The second kappa shape index (κ2) is 7.05. The summed E-state index contributed by atoms with van der Waals surface area (Å²) in [5, 5.41) is 4.05. The van der Waals surface area contributed by atoms with E-state index in [-0.39, 0.29) is 24.4 Å². The van der Waals surface area contributed by atoms with Crippen LogP contribution >= 0.6 is 11.6 Å². The number of carbonyl (C=O) groups is 3. The Morgan fingerprint density at radius 3 is 3.03 bits per heavy atom. The van der Waals surface area contributed by atoms with Crippen LogP contribution in [0.1, 0.15) is 22.6 Å². The quantitative estimate of drug-likeness (QED) is 0.473. The number of anilines is 1. The van der Waals surface area contributed by atoms with Crippen LogP contribution in [0.2, 0.25) is 5.15 Å². The van der Waals surface area contributed by atoms with Gasteiger partial charge in [0, 0.05) is 24.0 Å². The van der Waals surface area contributed by atoms with E-state index in [2.05, 4.69) is 20.3 Å². The van der Waals surface area contributed by atoms with Gasteiger partial charge in [-0.05, 0) is 30.7 Å². The second-order valence-electron chi connectivity index (χ2n) is 7.78. The van der Waals surface area contributed by atoms with Crippen molar-refractivity contribution in [2.45, 2.75) is 18.9 Å². The van der Waals surface area contributed by atoms with Crippen LogP contribution < -0.4 is 10.2 Å². The number of esters is 1. The van der Waals surface area contributed by atoms with Crippen LogP contribution in [0.25, 0.3) is 10.9 Å². The second-order valence-corrected chi connectivity index (χ2v) is 8.16. The van der Waals surface area contributed by atoms with Crippen molar-refractivity contribution < 1.29 is 19.1 Å². The number of carbonyl (C=O) groups excluding carboxylic acids is 3. The molecule has 5 rings (SSSR count). The summed E-state index contributed by atoms with van der Waals surface area (Å²) in [6.07, 6.45) is 4.08. The molecule has 31 heavy (non-hydrogen) atoms. The molecular formula is C21H18ClN5O4. The number of hydrogen-bond donors (Lipinski definition) is 2. The van der Waals surface area contributed by atoms with Gasteiger partial charge >= 0.3 is 5.97 Å². The van der Waals surface area contributed by atoms with Gasteiger partial charge in [-0.15, -0.1) is 0 Å². The van der Waals surface area contributed by atoms with Crippen LogP contribution in [0.3, 0.4) is 0 Å². The molecule has 0 saturated heterocycles. The lowest BCUT2D eigenvalue weighted by Crippen LogP contribution is -2.48. The first kappa shape index (κ1) is 19.5. The van der Waals surface area contributed by atoms with Gasteiger partial charge in [-0.25, -0.2) is 4.98 Å². The van der Waals surface area contributed by atoms with Gasteiger partial charge < -0.3 is 15.0 Å². The molecule has 1 aliphatic heterocycles. The number of ether oxygens (including phenoxy) is 1. The van der Waals surface area contributed by atoms with Crippen LogP contribution in [-0.4, -0.2) is 52.4 Å². The molecular weight excluding hydrogens is 422 g/mol. The van der Waals surface area contributed by atoms with Crippen molar-refractivity contribution in [3.05, 3.63) is 53.2 Å². The maximum Gasteiger partial charge on any atom is 0.325 e. The van der Waals surface area contributed by atoms with Crippen LogP contribution in [-0.2, 0) is 20.7 Å². The van der Waals surface area contributed by atoms with Crippen molar-refractivity contribution in [3.8, 4) is 0 Å². The number of aromatic amines is 1. The third-order valence-electron chi connectivity index (χ3n) is 5.92. The van der Waals surface area contributed by atoms with Gasteiger partial charge in [-0.2, -0.15) is 0 Å². The number of aromatic nitrogens is 3. The van der Waals surface area contributed by atoms with Crippen molar-refractivity contribution in [1.29, 1.82) is 0 Å². The SMILES string of the molecule is COC(=O)CN1C(=O)C2(Cc3ncccc31)CC2NC(=O)c1cc2cc(Cl)ncc2[nH]1. The first-order valence-corrected chi connectivity index (χ1v) is 10.1. The number of H-pyrrole nitrogens is 1. The van der Waals surface area contributed by atoms with E-state index < -0.39 is 11.4 Å². The normalized spacial score (nSPS) is 21.8. The highest BCUT2D eigenvalue weighted by Crippen LogP contribution is 2.54. The minimum absolute atomic E-state index is 0.202. The minimum Gasteiger partial charge on any atom is -0.468 e. The monoisotopic (exact) mass is 439 g/mol. The Labute approximate surface area is 181 Å². The van der Waals surface area contributed by atoms with Gasteiger partial charge in [0.2, 0.25) is 5.91 Å². The van der Waals surface area contributed by atoms with E-state index in [0.717, 1.165) is 5.39 Å². The summed E-state index contributed by atoms with van der Waals surface area (Å²) in [6, 6.07) is 6.47. The summed E-state index contributed by atoms with van der Waals surface area (Å²) in [7, 11) is 1.28. The lowest BCUT2D eigenvalue weighted by Gasteiger charge is -2.33. The molecule has 2 N–H and O–H groups in total. The fraction of sp³-hybridized carbons (Fsp3) is 0.286. The molecule has 2 unspecified atom stereocenters. The molecule has 2 atom stereocenters. The van der Waals surface area contributed by atoms with Crippen molar-refractivity contribution in [1.82, 2.24) is 20.3 Å². The fourth-order valence-corrected chi connectivity index (χ4v) is 4.37. The first-order valence-electron chi connectivity index (χ1n) is 9.69. The molecule has 1 fully saturated rings. The molecule has 1 spiro atoms. The van der Waals surface area contributed by atoms with Crippen molar-refractivity contribution in [3.63, 3.8) is 0 Å². The average Bonchev–Trinajstić information content (AvgIpc) is 3.25. The molecule has 3 aromatic heterocycles. The molecule has 1 aliphatic carbocycles. The van der Waals surface area contributed by atoms with E-state index in [0.29, 0.717) is 40.6 Å². The maximum atomic E-state index is 13.3. The Bertz CT molecular complexity index is 1240. The predicted molar refractivity (Wildman–Crippen MR) is 112 cm³/mol. The van der Waals surface area contributed by atoms with Gasteiger partial charge in [0.1, 0.15) is 17.4 Å². The lowest BCUT2D eigenvalue weighted by atomic mass is 9.91. The minimum atomic E-state index is -0.818. The van der Waals surface area contributed by atoms with E-state index >= 15 is 0 Å². The van der Waals surface area contributed by atoms with Gasteiger partial charge in [-0.3, -0.25) is 24.3 Å². The average molecular weight is 440 g/mol. The molecule has 9 nitrogen and oxygen atoms in total. The predicted octanol–water partition coefficient (Wildman–Crippen LogP) is 1.86. The third kappa shape index (κ3) is 3.21. The molecule has 0 aromatic carbocycles. The summed E-state index contributed by atoms with van der Waals surface area (Å²) >= 11 is 5.91. The summed E-state index contributed by atoms with van der Waals surface area (Å²) in [5.74, 6) is -1.06. The zero-order valence-corrected chi connectivity index (χ0v) is 17.3. The van der Waals surface area contributed by atoms with E-state index in [1.165, 1.54) is 12.0 Å². The Hall–Kier alpha value is -3.46. The summed E-state index contributed by atoms with van der Waals surface area (Å²) in [5.41, 5.74) is 1.54. The zero-order chi connectivity index (χ0) is 21.8. The standard InChI is InChI=1S/C21H18ClN5O4/c1-31-18(28)10-27-15-3-2-4-23-13(15)7-21(20(27)30)8-16(21)26-19(29)12-5-11-6-17(22)24-9-14(11)25-12/h2-6,9,16,25H,7-8,10H2,1H3,(H,26,29). The maximum absolute atomic E-state index is 13.3. The molecule has 3 aromatic rings. The largest absolute Gasteiger partial charge is 0.468 e. The van der Waals surface area contributed by atoms with Gasteiger partial charge in [0.25, 0.3) is 5.91 Å². The third-order valence-corrected chi connectivity index (χ3v) is 6.13. The summed E-state index contributed by atoms with van der Waals surface area (Å²) < 4.78 is 4.75. The number of fused-ring (bicyclic) bond motifs is 2. The molecule has 0 bridgehead atoms. The van der Waals surface area contributed by atoms with Crippen molar-refractivity contribution >= 4 is 46.0 Å². The van der Waals surface area contributed by atoms with Crippen molar-refractivity contribution in [2.24, 2.45) is 5.41 Å². The Kier molecular flexibility index (Phi) is 4.44. The Morgan fingerprint density at radius 1 is 1.39 bits per heavy atom. The van der Waals surface area contributed by atoms with Gasteiger partial charge in [-0.1, -0.05) is 11.6 Å². The van der Waals surface area contributed by atoms with Gasteiger partial charge in [0.05, 0.1) is 35.6 Å². The number of rotatable bonds is 4. The number of halogens is 1. The Balaban J connectivity index is 1.39. The number of nitrogens with one attached hydrogen (secondary N) is 2. The van der Waals surface area contributed by atoms with E-state index in [4.69, 9.17) is 16.3 Å². The topological polar surface area (TPSA) is 117 Å². The number of methoxy groups -OCH3 is 1. The number of pyridine rings is 2. The highest BCUT2D eigenvalue weighted by atomic mass is 35.5. The Morgan fingerprint density at radius 2 is 2.23 bits per heavy atom. The molecule has 10 heteroatoms. The molecule has 2 amide bonds. The van der Waals surface area contributed by atoms with E-state index in [1.807, 2.05) is 0 Å². The van der Waals surface area contributed by atoms with Crippen molar-refractivity contribution in [2.75, 3.05) is 18.6 Å².